The standard InChI is InChI=1S/C25H15ClN2O5/c26-18-10-9-13(11-19(18)28(32)33)27-23(30)21-20-14-5-1-3-7-16(14)25(12-29,22(21)24(27)31)17-8-4-2-6-15(17)20/h1-12,20-22H/t20?,21-,22+,25?/m0/s1. The molecular formula is C25H15ClN2O5. The van der Waals surface area contributed by atoms with Crippen molar-refractivity contribution >= 4 is 41.1 Å². The minimum Gasteiger partial charge on any atom is -0.302 e. The van der Waals surface area contributed by atoms with Crippen LogP contribution in [0, 0.1) is 22.0 Å². The molecule has 2 bridgehead atoms. The lowest BCUT2D eigenvalue weighted by molar-refractivity contribution is -0.384. The average Bonchev–Trinajstić information content (AvgIpc) is 3.10. The number of halogens is 1. The van der Waals surface area contributed by atoms with Crippen LogP contribution in [0.25, 0.3) is 0 Å². The monoisotopic (exact) mass is 458 g/mol. The van der Waals surface area contributed by atoms with E-state index < -0.39 is 45.6 Å². The number of imide groups is 1. The van der Waals surface area contributed by atoms with Crippen LogP contribution < -0.4 is 4.90 Å². The first-order valence-electron chi connectivity index (χ1n) is 10.4. The van der Waals surface area contributed by atoms with E-state index in [1.807, 2.05) is 48.5 Å². The number of carbonyl (C=O) groups excluding carboxylic acids is 3. The molecule has 0 N–H and O–H groups in total. The van der Waals surface area contributed by atoms with Crippen LogP contribution >= 0.6 is 11.6 Å². The normalized spacial score (nSPS) is 26.6. The maximum atomic E-state index is 13.8. The van der Waals surface area contributed by atoms with E-state index in [9.17, 15) is 24.5 Å². The van der Waals surface area contributed by atoms with Gasteiger partial charge in [0.25, 0.3) is 5.69 Å². The van der Waals surface area contributed by atoms with E-state index in [1.54, 1.807) is 0 Å². The number of carbonyl (C=O) groups is 3. The predicted molar refractivity (Wildman–Crippen MR) is 119 cm³/mol. The molecule has 3 aliphatic carbocycles. The quantitative estimate of drug-likeness (QED) is 0.256. The van der Waals surface area contributed by atoms with Gasteiger partial charge in [-0.1, -0.05) is 60.1 Å². The van der Waals surface area contributed by atoms with Crippen molar-refractivity contribution in [3.8, 4) is 0 Å². The van der Waals surface area contributed by atoms with E-state index in [0.717, 1.165) is 39.5 Å². The van der Waals surface area contributed by atoms with E-state index in [-0.39, 0.29) is 10.7 Å². The van der Waals surface area contributed by atoms with Gasteiger partial charge >= 0.3 is 0 Å². The molecule has 0 aromatic heterocycles. The summed E-state index contributed by atoms with van der Waals surface area (Å²) in [6.45, 7) is 0. The van der Waals surface area contributed by atoms with E-state index in [1.165, 1.54) is 12.1 Å². The van der Waals surface area contributed by atoms with Crippen LogP contribution in [0.3, 0.4) is 0 Å². The first kappa shape index (κ1) is 19.8. The molecular weight excluding hydrogens is 444 g/mol. The van der Waals surface area contributed by atoms with Gasteiger partial charge in [-0.2, -0.15) is 0 Å². The second-order valence-electron chi connectivity index (χ2n) is 8.55. The summed E-state index contributed by atoms with van der Waals surface area (Å²) in [5.74, 6) is -3.13. The van der Waals surface area contributed by atoms with Crippen LogP contribution in [-0.4, -0.2) is 23.0 Å². The summed E-state index contributed by atoms with van der Waals surface area (Å²) in [5, 5.41) is 11.3. The molecule has 0 radical (unpaired) electrons. The highest BCUT2D eigenvalue weighted by Gasteiger charge is 2.68. The van der Waals surface area contributed by atoms with E-state index >= 15 is 0 Å². The zero-order valence-electron chi connectivity index (χ0n) is 17.0. The molecule has 3 aromatic carbocycles. The Balaban J connectivity index is 1.61. The molecule has 1 fully saturated rings. The van der Waals surface area contributed by atoms with Gasteiger partial charge in [0.05, 0.1) is 27.9 Å². The molecule has 7 nitrogen and oxygen atoms in total. The molecule has 1 heterocycles. The molecule has 0 saturated carbocycles. The highest BCUT2D eigenvalue weighted by Crippen LogP contribution is 2.63. The van der Waals surface area contributed by atoms with Crippen molar-refractivity contribution in [2.75, 3.05) is 4.90 Å². The number of aldehydes is 1. The molecule has 1 saturated heterocycles. The van der Waals surface area contributed by atoms with Gasteiger partial charge in [0, 0.05) is 12.0 Å². The van der Waals surface area contributed by atoms with Crippen molar-refractivity contribution < 1.29 is 19.3 Å². The fourth-order valence-corrected chi connectivity index (χ4v) is 6.25. The number of rotatable bonds is 3. The maximum Gasteiger partial charge on any atom is 0.289 e. The molecule has 3 aromatic rings. The van der Waals surface area contributed by atoms with Crippen LogP contribution in [0.5, 0.6) is 0 Å². The second kappa shape index (κ2) is 6.59. The summed E-state index contributed by atoms with van der Waals surface area (Å²) in [7, 11) is 0. The smallest absolute Gasteiger partial charge is 0.289 e. The number of hydrogen-bond acceptors (Lipinski definition) is 5. The van der Waals surface area contributed by atoms with Gasteiger partial charge in [-0.3, -0.25) is 19.7 Å². The summed E-state index contributed by atoms with van der Waals surface area (Å²) in [6.07, 6.45) is 0.788. The fourth-order valence-electron chi connectivity index (χ4n) is 6.07. The van der Waals surface area contributed by atoms with Crippen LogP contribution in [0.2, 0.25) is 5.02 Å². The number of anilines is 1. The summed E-state index contributed by atoms with van der Waals surface area (Å²) in [4.78, 5) is 52.2. The molecule has 2 atom stereocenters. The minimum absolute atomic E-state index is 0.0732. The second-order valence-corrected chi connectivity index (χ2v) is 8.95. The highest BCUT2D eigenvalue weighted by molar-refractivity contribution is 6.33. The molecule has 4 aliphatic rings. The number of amides is 2. The molecule has 2 amide bonds. The summed E-state index contributed by atoms with van der Waals surface area (Å²) in [5.41, 5.74) is 1.54. The number of hydrogen-bond donors (Lipinski definition) is 0. The minimum atomic E-state index is -1.31. The van der Waals surface area contributed by atoms with Crippen molar-refractivity contribution in [2.45, 2.75) is 11.3 Å². The summed E-state index contributed by atoms with van der Waals surface area (Å²) in [6, 6.07) is 18.7. The Hall–Kier alpha value is -3.84. The first-order chi connectivity index (χ1) is 15.9. The van der Waals surface area contributed by atoms with Gasteiger partial charge in [-0.25, -0.2) is 4.90 Å². The highest BCUT2D eigenvalue weighted by atomic mass is 35.5. The van der Waals surface area contributed by atoms with Gasteiger partial charge in [-0.05, 0) is 34.4 Å². The van der Waals surface area contributed by atoms with Crippen molar-refractivity contribution in [1.29, 1.82) is 0 Å². The third kappa shape index (κ3) is 2.27. The molecule has 1 aliphatic heterocycles. The zero-order valence-corrected chi connectivity index (χ0v) is 17.7. The topological polar surface area (TPSA) is 97.6 Å². The Bertz CT molecular complexity index is 1370. The van der Waals surface area contributed by atoms with Crippen LogP contribution in [0.1, 0.15) is 28.2 Å². The van der Waals surface area contributed by atoms with Crippen molar-refractivity contribution in [3.05, 3.63) is 104 Å². The van der Waals surface area contributed by atoms with Crippen LogP contribution in [-0.2, 0) is 19.8 Å². The van der Waals surface area contributed by atoms with Gasteiger partial charge in [-0.15, -0.1) is 0 Å². The predicted octanol–water partition coefficient (Wildman–Crippen LogP) is 4.00. The Labute approximate surface area is 192 Å². The summed E-state index contributed by atoms with van der Waals surface area (Å²) < 4.78 is 0. The fraction of sp³-hybridized carbons (Fsp3) is 0.160. The van der Waals surface area contributed by atoms with E-state index in [0.29, 0.717) is 0 Å². The maximum absolute atomic E-state index is 13.8. The Morgan fingerprint density at radius 3 is 2.12 bits per heavy atom. The lowest BCUT2D eigenvalue weighted by Gasteiger charge is -2.51. The number of benzene rings is 3. The zero-order chi connectivity index (χ0) is 23.1. The molecule has 33 heavy (non-hydrogen) atoms. The molecule has 0 unspecified atom stereocenters. The average molecular weight is 459 g/mol. The molecule has 0 spiro atoms. The SMILES string of the molecule is O=CC12c3ccccc3C(c3ccccc31)[C@@H]1C(=O)N(c3ccc(Cl)c([N+](=O)[O-])c3)C(=O)[C@@H]12. The lowest BCUT2D eigenvalue weighted by atomic mass is 9.48. The number of nitro groups is 1. The van der Waals surface area contributed by atoms with Crippen molar-refractivity contribution in [2.24, 2.45) is 11.8 Å². The van der Waals surface area contributed by atoms with E-state index in [2.05, 4.69) is 0 Å². The molecule has 162 valence electrons. The largest absolute Gasteiger partial charge is 0.302 e. The van der Waals surface area contributed by atoms with E-state index in [4.69, 9.17) is 11.6 Å². The summed E-state index contributed by atoms with van der Waals surface area (Å²) >= 11 is 5.94. The lowest BCUT2D eigenvalue weighted by Crippen LogP contribution is -2.54. The number of nitrogens with zero attached hydrogens (tertiary/aromatic N) is 2. The number of nitro benzene ring substituents is 1. The Morgan fingerprint density at radius 2 is 1.55 bits per heavy atom. The first-order valence-corrected chi connectivity index (χ1v) is 10.8. The third-order valence-electron chi connectivity index (χ3n) is 7.25. The van der Waals surface area contributed by atoms with Crippen molar-refractivity contribution in [3.63, 3.8) is 0 Å². The van der Waals surface area contributed by atoms with Gasteiger partial charge < -0.3 is 4.79 Å². The molecule has 7 rings (SSSR count). The van der Waals surface area contributed by atoms with Crippen LogP contribution in [0.15, 0.2) is 66.7 Å². The van der Waals surface area contributed by atoms with Gasteiger partial charge in [0.1, 0.15) is 11.3 Å². The van der Waals surface area contributed by atoms with Gasteiger partial charge in [0.2, 0.25) is 11.8 Å². The third-order valence-corrected chi connectivity index (χ3v) is 7.57. The van der Waals surface area contributed by atoms with Crippen LogP contribution in [0.4, 0.5) is 11.4 Å². The van der Waals surface area contributed by atoms with Crippen molar-refractivity contribution in [1.82, 2.24) is 0 Å². The molecule has 8 heteroatoms. The van der Waals surface area contributed by atoms with Gasteiger partial charge in [0.15, 0.2) is 0 Å². The Kier molecular flexibility index (Phi) is 3.95. The Morgan fingerprint density at radius 1 is 0.939 bits per heavy atom.